The molecule has 3 rings (SSSR count). The van der Waals surface area contributed by atoms with Crippen molar-refractivity contribution < 1.29 is 4.74 Å². The van der Waals surface area contributed by atoms with Crippen molar-refractivity contribution in [1.29, 1.82) is 0 Å². The summed E-state index contributed by atoms with van der Waals surface area (Å²) in [5, 5.41) is 3.43. The first-order chi connectivity index (χ1) is 6.88. The average Bonchev–Trinajstić information content (AvgIpc) is 2.66. The lowest BCUT2D eigenvalue weighted by Crippen LogP contribution is -2.36. The monoisotopic (exact) mass is 189 g/mol. The standard InChI is InChI=1S/C12H15NO/c1-2-4-11-10(3-1)7-12(9-14-11)5-6-13-8-12/h1-4,13H,5-9H2. The molecule has 0 aromatic heterocycles. The molecule has 1 atom stereocenters. The first kappa shape index (κ1) is 8.30. The second-order valence-electron chi connectivity index (χ2n) is 4.50. The van der Waals surface area contributed by atoms with Gasteiger partial charge < -0.3 is 10.1 Å². The van der Waals surface area contributed by atoms with Gasteiger partial charge >= 0.3 is 0 Å². The van der Waals surface area contributed by atoms with Crippen molar-refractivity contribution >= 4 is 0 Å². The van der Waals surface area contributed by atoms with Gasteiger partial charge in [-0.1, -0.05) is 18.2 Å². The Hall–Kier alpha value is -1.02. The van der Waals surface area contributed by atoms with Crippen molar-refractivity contribution in [2.24, 2.45) is 5.41 Å². The molecule has 2 heteroatoms. The molecule has 2 aliphatic heterocycles. The molecule has 1 unspecified atom stereocenters. The molecule has 2 nitrogen and oxygen atoms in total. The maximum atomic E-state index is 5.82. The normalized spacial score (nSPS) is 30.0. The molecule has 1 aromatic carbocycles. The van der Waals surface area contributed by atoms with Crippen LogP contribution in [-0.2, 0) is 6.42 Å². The van der Waals surface area contributed by atoms with Crippen LogP contribution in [0.4, 0.5) is 0 Å². The highest BCUT2D eigenvalue weighted by molar-refractivity contribution is 5.36. The minimum Gasteiger partial charge on any atom is -0.493 e. The molecule has 0 aliphatic carbocycles. The zero-order valence-corrected chi connectivity index (χ0v) is 8.25. The van der Waals surface area contributed by atoms with Gasteiger partial charge in [0.05, 0.1) is 6.61 Å². The number of rotatable bonds is 0. The lowest BCUT2D eigenvalue weighted by Gasteiger charge is -2.33. The molecular formula is C12H15NO. The van der Waals surface area contributed by atoms with Crippen LogP contribution in [0.3, 0.4) is 0 Å². The van der Waals surface area contributed by atoms with Gasteiger partial charge in [0.25, 0.3) is 0 Å². The largest absolute Gasteiger partial charge is 0.493 e. The fraction of sp³-hybridized carbons (Fsp3) is 0.500. The van der Waals surface area contributed by atoms with Crippen LogP contribution in [0.1, 0.15) is 12.0 Å². The minimum atomic E-state index is 0.383. The maximum absolute atomic E-state index is 5.82. The molecule has 1 aromatic rings. The van der Waals surface area contributed by atoms with E-state index < -0.39 is 0 Å². The third-order valence-electron chi connectivity index (χ3n) is 3.40. The Morgan fingerprint density at radius 2 is 2.21 bits per heavy atom. The van der Waals surface area contributed by atoms with E-state index in [9.17, 15) is 0 Å². The van der Waals surface area contributed by atoms with Crippen molar-refractivity contribution in [3.63, 3.8) is 0 Å². The summed E-state index contributed by atoms with van der Waals surface area (Å²) >= 11 is 0. The molecule has 14 heavy (non-hydrogen) atoms. The molecule has 74 valence electrons. The second kappa shape index (κ2) is 2.99. The van der Waals surface area contributed by atoms with Gasteiger partial charge in [0.1, 0.15) is 5.75 Å². The zero-order valence-electron chi connectivity index (χ0n) is 8.25. The van der Waals surface area contributed by atoms with Crippen LogP contribution in [0.15, 0.2) is 24.3 Å². The summed E-state index contributed by atoms with van der Waals surface area (Å²) in [6.07, 6.45) is 2.43. The Bertz CT molecular complexity index is 342. The number of fused-ring (bicyclic) bond motifs is 1. The van der Waals surface area contributed by atoms with Crippen LogP contribution in [0.2, 0.25) is 0 Å². The molecule has 2 heterocycles. The van der Waals surface area contributed by atoms with Crippen LogP contribution in [0.25, 0.3) is 0 Å². The van der Waals surface area contributed by atoms with E-state index in [1.807, 2.05) is 6.07 Å². The molecule has 1 spiro atoms. The van der Waals surface area contributed by atoms with Crippen molar-refractivity contribution in [2.45, 2.75) is 12.8 Å². The van der Waals surface area contributed by atoms with E-state index in [2.05, 4.69) is 23.5 Å². The summed E-state index contributed by atoms with van der Waals surface area (Å²) in [5.74, 6) is 1.09. The first-order valence-corrected chi connectivity index (χ1v) is 5.30. The maximum Gasteiger partial charge on any atom is 0.122 e. The van der Waals surface area contributed by atoms with Crippen molar-refractivity contribution in [1.82, 2.24) is 5.32 Å². The Labute approximate surface area is 84.3 Å². The van der Waals surface area contributed by atoms with E-state index in [-0.39, 0.29) is 0 Å². The Morgan fingerprint density at radius 1 is 1.29 bits per heavy atom. The highest BCUT2D eigenvalue weighted by atomic mass is 16.5. The number of para-hydroxylation sites is 1. The quantitative estimate of drug-likeness (QED) is 0.669. The van der Waals surface area contributed by atoms with Crippen molar-refractivity contribution in [3.8, 4) is 5.75 Å². The fourth-order valence-electron chi connectivity index (χ4n) is 2.55. The number of benzene rings is 1. The highest BCUT2D eigenvalue weighted by Gasteiger charge is 2.38. The van der Waals surface area contributed by atoms with E-state index in [1.54, 1.807) is 0 Å². The van der Waals surface area contributed by atoms with E-state index >= 15 is 0 Å². The van der Waals surface area contributed by atoms with Crippen LogP contribution in [-0.4, -0.2) is 19.7 Å². The van der Waals surface area contributed by atoms with Crippen LogP contribution in [0, 0.1) is 5.41 Å². The summed E-state index contributed by atoms with van der Waals surface area (Å²) in [4.78, 5) is 0. The first-order valence-electron chi connectivity index (χ1n) is 5.30. The molecule has 1 N–H and O–H groups in total. The molecule has 1 fully saturated rings. The van der Waals surface area contributed by atoms with Crippen LogP contribution >= 0.6 is 0 Å². The van der Waals surface area contributed by atoms with Gasteiger partial charge in [0.15, 0.2) is 0 Å². The number of nitrogens with one attached hydrogen (secondary N) is 1. The average molecular weight is 189 g/mol. The van der Waals surface area contributed by atoms with Gasteiger partial charge in [-0.2, -0.15) is 0 Å². The van der Waals surface area contributed by atoms with Crippen molar-refractivity contribution in [3.05, 3.63) is 29.8 Å². The third-order valence-corrected chi connectivity index (χ3v) is 3.40. The summed E-state index contributed by atoms with van der Waals surface area (Å²) in [7, 11) is 0. The van der Waals surface area contributed by atoms with Crippen LogP contribution < -0.4 is 10.1 Å². The van der Waals surface area contributed by atoms with Gasteiger partial charge in [-0.15, -0.1) is 0 Å². The number of hydrogen-bond acceptors (Lipinski definition) is 2. The topological polar surface area (TPSA) is 21.3 Å². The predicted molar refractivity (Wildman–Crippen MR) is 55.6 cm³/mol. The highest BCUT2D eigenvalue weighted by Crippen LogP contribution is 2.38. The fourth-order valence-corrected chi connectivity index (χ4v) is 2.55. The molecular weight excluding hydrogens is 174 g/mol. The van der Waals surface area contributed by atoms with E-state index in [0.717, 1.165) is 25.4 Å². The molecule has 0 radical (unpaired) electrons. The van der Waals surface area contributed by atoms with E-state index in [1.165, 1.54) is 18.4 Å². The molecule has 0 saturated carbocycles. The number of hydrogen-bond donors (Lipinski definition) is 1. The zero-order chi connectivity index (χ0) is 9.43. The Balaban J connectivity index is 1.92. The summed E-state index contributed by atoms with van der Waals surface area (Å²) < 4.78 is 5.82. The SMILES string of the molecule is c1ccc2c(c1)CC1(CCNC1)CO2. The summed E-state index contributed by atoms with van der Waals surface area (Å²) in [5.41, 5.74) is 1.76. The Kier molecular flexibility index (Phi) is 1.77. The molecule has 0 bridgehead atoms. The van der Waals surface area contributed by atoms with E-state index in [0.29, 0.717) is 5.41 Å². The van der Waals surface area contributed by atoms with Gasteiger partial charge in [0.2, 0.25) is 0 Å². The van der Waals surface area contributed by atoms with Gasteiger partial charge in [-0.3, -0.25) is 0 Å². The van der Waals surface area contributed by atoms with Gasteiger partial charge in [0, 0.05) is 12.0 Å². The third kappa shape index (κ3) is 1.22. The Morgan fingerprint density at radius 3 is 3.07 bits per heavy atom. The lowest BCUT2D eigenvalue weighted by molar-refractivity contribution is 0.138. The van der Waals surface area contributed by atoms with E-state index in [4.69, 9.17) is 4.74 Å². The minimum absolute atomic E-state index is 0.383. The summed E-state index contributed by atoms with van der Waals surface area (Å²) in [6, 6.07) is 8.41. The molecule has 0 amide bonds. The van der Waals surface area contributed by atoms with Gasteiger partial charge in [-0.25, -0.2) is 0 Å². The summed E-state index contributed by atoms with van der Waals surface area (Å²) in [6.45, 7) is 3.14. The van der Waals surface area contributed by atoms with Crippen LogP contribution in [0.5, 0.6) is 5.75 Å². The number of ether oxygens (including phenoxy) is 1. The molecule has 2 aliphatic rings. The molecule has 1 saturated heterocycles. The lowest BCUT2D eigenvalue weighted by atomic mass is 9.80. The van der Waals surface area contributed by atoms with Crippen molar-refractivity contribution in [2.75, 3.05) is 19.7 Å². The predicted octanol–water partition coefficient (Wildman–Crippen LogP) is 1.60. The smallest absolute Gasteiger partial charge is 0.122 e. The second-order valence-corrected chi connectivity index (χ2v) is 4.50. The van der Waals surface area contributed by atoms with Gasteiger partial charge in [-0.05, 0) is 31.0 Å².